The van der Waals surface area contributed by atoms with Gasteiger partial charge in [-0.1, -0.05) is 35.9 Å². The Kier molecular flexibility index (Phi) is 5.09. The predicted octanol–water partition coefficient (Wildman–Crippen LogP) is 4.33. The van der Waals surface area contributed by atoms with E-state index >= 15 is 0 Å². The molecule has 0 N–H and O–H groups in total. The van der Waals surface area contributed by atoms with Crippen molar-refractivity contribution in [2.75, 3.05) is 6.61 Å². The van der Waals surface area contributed by atoms with E-state index in [1.807, 2.05) is 31.2 Å². The number of rotatable bonds is 4. The minimum atomic E-state index is -0.728. The summed E-state index contributed by atoms with van der Waals surface area (Å²) in [6.07, 6.45) is 1.45. The highest BCUT2D eigenvalue weighted by atomic mass is 35.5. The smallest absolute Gasteiger partial charge is 0.343 e. The molecule has 0 bridgehead atoms. The number of hydrogen-bond donors (Lipinski definition) is 0. The molecule has 3 rings (SSSR count). The maximum absolute atomic E-state index is 13.9. The Morgan fingerprint density at radius 1 is 1.27 bits per heavy atom. The monoisotopic (exact) mass is 373 g/mol. The average molecular weight is 374 g/mol. The van der Waals surface area contributed by atoms with Crippen molar-refractivity contribution in [3.05, 3.63) is 80.3 Å². The minimum Gasteiger partial charge on any atom is -0.462 e. The van der Waals surface area contributed by atoms with Gasteiger partial charge in [-0.15, -0.1) is 0 Å². The number of fused-ring (bicyclic) bond motifs is 1. The van der Waals surface area contributed by atoms with Crippen molar-refractivity contribution in [1.29, 1.82) is 0 Å². The maximum Gasteiger partial charge on any atom is 0.343 e. The second kappa shape index (κ2) is 7.30. The van der Waals surface area contributed by atoms with Gasteiger partial charge in [0.1, 0.15) is 11.4 Å². The highest BCUT2D eigenvalue weighted by Crippen LogP contribution is 2.23. The molecule has 0 unspecified atom stereocenters. The van der Waals surface area contributed by atoms with Gasteiger partial charge in [-0.05, 0) is 37.1 Å². The normalized spacial score (nSPS) is 10.9. The number of aromatic nitrogens is 1. The fourth-order valence-corrected chi connectivity index (χ4v) is 3.00. The lowest BCUT2D eigenvalue weighted by Crippen LogP contribution is -2.21. The van der Waals surface area contributed by atoms with Crippen molar-refractivity contribution in [1.82, 2.24) is 4.57 Å². The quantitative estimate of drug-likeness (QED) is 0.639. The van der Waals surface area contributed by atoms with E-state index in [1.165, 1.54) is 12.3 Å². The van der Waals surface area contributed by atoms with Crippen LogP contribution in [0.25, 0.3) is 10.9 Å². The van der Waals surface area contributed by atoms with Crippen molar-refractivity contribution < 1.29 is 13.9 Å². The lowest BCUT2D eigenvalue weighted by molar-refractivity contribution is 0.0524. The first-order valence-corrected chi connectivity index (χ1v) is 8.54. The zero-order valence-electron chi connectivity index (χ0n) is 14.4. The molecule has 0 saturated heterocycles. The van der Waals surface area contributed by atoms with Crippen LogP contribution in [0.4, 0.5) is 4.39 Å². The molecule has 0 saturated carbocycles. The molecule has 0 fully saturated rings. The van der Waals surface area contributed by atoms with Gasteiger partial charge in [0.15, 0.2) is 0 Å². The lowest BCUT2D eigenvalue weighted by Gasteiger charge is -2.15. The van der Waals surface area contributed by atoms with Crippen molar-refractivity contribution in [3.8, 4) is 0 Å². The van der Waals surface area contributed by atoms with Gasteiger partial charge in [0.25, 0.3) is 0 Å². The maximum atomic E-state index is 13.9. The van der Waals surface area contributed by atoms with E-state index in [1.54, 1.807) is 11.5 Å². The molecule has 26 heavy (non-hydrogen) atoms. The predicted molar refractivity (Wildman–Crippen MR) is 99.4 cm³/mol. The van der Waals surface area contributed by atoms with E-state index in [4.69, 9.17) is 16.3 Å². The van der Waals surface area contributed by atoms with E-state index in [2.05, 4.69) is 0 Å². The summed E-state index contributed by atoms with van der Waals surface area (Å²) >= 11 is 5.92. The molecule has 1 aromatic heterocycles. The average Bonchev–Trinajstić information content (AvgIpc) is 2.61. The number of esters is 1. The summed E-state index contributed by atoms with van der Waals surface area (Å²) in [6.45, 7) is 4.17. The Bertz CT molecular complexity index is 1060. The van der Waals surface area contributed by atoms with Gasteiger partial charge in [-0.3, -0.25) is 4.79 Å². The number of benzene rings is 2. The van der Waals surface area contributed by atoms with Crippen LogP contribution < -0.4 is 5.43 Å². The van der Waals surface area contributed by atoms with Crippen LogP contribution >= 0.6 is 11.6 Å². The Morgan fingerprint density at radius 2 is 2.00 bits per heavy atom. The Morgan fingerprint density at radius 3 is 2.69 bits per heavy atom. The number of aryl methyl sites for hydroxylation is 1. The first kappa shape index (κ1) is 18.1. The first-order valence-electron chi connectivity index (χ1n) is 8.16. The highest BCUT2D eigenvalue weighted by molar-refractivity contribution is 6.31. The van der Waals surface area contributed by atoms with Crippen molar-refractivity contribution >= 4 is 28.5 Å². The largest absolute Gasteiger partial charge is 0.462 e. The molecule has 0 atom stereocenters. The molecule has 0 aliphatic heterocycles. The second-order valence-electron chi connectivity index (χ2n) is 5.93. The molecule has 2 aromatic carbocycles. The number of halogens is 2. The van der Waals surface area contributed by atoms with Crippen LogP contribution in [0.5, 0.6) is 0 Å². The van der Waals surface area contributed by atoms with E-state index < -0.39 is 17.2 Å². The van der Waals surface area contributed by atoms with Gasteiger partial charge in [-0.2, -0.15) is 0 Å². The highest BCUT2D eigenvalue weighted by Gasteiger charge is 2.18. The fraction of sp³-hybridized carbons (Fsp3) is 0.200. The third kappa shape index (κ3) is 3.35. The van der Waals surface area contributed by atoms with E-state index in [-0.39, 0.29) is 22.6 Å². The van der Waals surface area contributed by atoms with Gasteiger partial charge in [-0.25, -0.2) is 9.18 Å². The number of hydrogen-bond acceptors (Lipinski definition) is 3. The van der Waals surface area contributed by atoms with Crippen molar-refractivity contribution in [3.63, 3.8) is 0 Å². The van der Waals surface area contributed by atoms with Crippen LogP contribution in [0.2, 0.25) is 5.02 Å². The van der Waals surface area contributed by atoms with Crippen LogP contribution in [0, 0.1) is 12.7 Å². The third-order valence-corrected chi connectivity index (χ3v) is 4.51. The zero-order valence-corrected chi connectivity index (χ0v) is 15.1. The molecule has 0 amide bonds. The van der Waals surface area contributed by atoms with Gasteiger partial charge in [0, 0.05) is 18.1 Å². The standard InChI is InChI=1S/C20H17ClFNO3/c1-3-26-20(25)15-11-23(10-13-7-5-4-6-12(13)2)18-9-16(21)17(22)8-14(18)19(15)24/h4-9,11H,3,10H2,1-2H3. The van der Waals surface area contributed by atoms with Crippen LogP contribution in [0.1, 0.15) is 28.4 Å². The van der Waals surface area contributed by atoms with Gasteiger partial charge in [0.05, 0.1) is 17.1 Å². The SMILES string of the molecule is CCOC(=O)c1cn(Cc2ccccc2C)c2cc(Cl)c(F)cc2c1=O. The van der Waals surface area contributed by atoms with Crippen LogP contribution in [-0.2, 0) is 11.3 Å². The first-order chi connectivity index (χ1) is 12.4. The third-order valence-electron chi connectivity index (χ3n) is 4.22. The van der Waals surface area contributed by atoms with Crippen molar-refractivity contribution in [2.45, 2.75) is 20.4 Å². The van der Waals surface area contributed by atoms with Crippen LogP contribution in [0.15, 0.2) is 47.4 Å². The Labute approximate surface area is 154 Å². The lowest BCUT2D eigenvalue weighted by atomic mass is 10.1. The molecule has 134 valence electrons. The molecule has 3 aromatic rings. The molecule has 0 radical (unpaired) electrons. The molecule has 1 heterocycles. The molecular formula is C20H17ClFNO3. The number of ether oxygens (including phenoxy) is 1. The summed E-state index contributed by atoms with van der Waals surface area (Å²) in [5.74, 6) is -1.44. The van der Waals surface area contributed by atoms with Crippen LogP contribution in [-0.4, -0.2) is 17.1 Å². The van der Waals surface area contributed by atoms with E-state index in [0.29, 0.717) is 12.1 Å². The van der Waals surface area contributed by atoms with Gasteiger partial charge < -0.3 is 9.30 Å². The Balaban J connectivity index is 2.27. The van der Waals surface area contributed by atoms with Crippen molar-refractivity contribution in [2.24, 2.45) is 0 Å². The number of carbonyl (C=O) groups is 1. The summed E-state index contributed by atoms with van der Waals surface area (Å²) in [6, 6.07) is 10.2. The van der Waals surface area contributed by atoms with Crippen LogP contribution in [0.3, 0.4) is 0 Å². The summed E-state index contributed by atoms with van der Waals surface area (Å²) in [5, 5.41) is 0.00496. The zero-order chi connectivity index (χ0) is 18.8. The molecule has 6 heteroatoms. The van der Waals surface area contributed by atoms with Gasteiger partial charge >= 0.3 is 5.97 Å². The van der Waals surface area contributed by atoms with Gasteiger partial charge in [0.2, 0.25) is 5.43 Å². The molecule has 0 spiro atoms. The summed E-state index contributed by atoms with van der Waals surface area (Å²) < 4.78 is 20.6. The summed E-state index contributed by atoms with van der Waals surface area (Å²) in [7, 11) is 0. The summed E-state index contributed by atoms with van der Waals surface area (Å²) in [4.78, 5) is 24.8. The molecule has 4 nitrogen and oxygen atoms in total. The number of nitrogens with zero attached hydrogens (tertiary/aromatic N) is 1. The molecule has 0 aliphatic rings. The molecule has 0 aliphatic carbocycles. The van der Waals surface area contributed by atoms with E-state index in [9.17, 15) is 14.0 Å². The molecular weight excluding hydrogens is 357 g/mol. The van der Waals surface area contributed by atoms with E-state index in [0.717, 1.165) is 17.2 Å². The Hall–Kier alpha value is -2.66. The topological polar surface area (TPSA) is 48.3 Å². The number of pyridine rings is 1. The second-order valence-corrected chi connectivity index (χ2v) is 6.34. The number of carbonyl (C=O) groups excluding carboxylic acids is 1. The minimum absolute atomic E-state index is 0.0840. The fourth-order valence-electron chi connectivity index (χ4n) is 2.84. The summed E-state index contributed by atoms with van der Waals surface area (Å²) in [5.41, 5.74) is 1.82.